The number of aliphatic carboxylic acids is 1. The van der Waals surface area contributed by atoms with Crippen molar-refractivity contribution in [2.45, 2.75) is 26.3 Å². The lowest BCUT2D eigenvalue weighted by molar-refractivity contribution is -0.383. The first-order chi connectivity index (χ1) is 8.82. The molecule has 6 nitrogen and oxygen atoms in total. The monoisotopic (exact) mass is 286 g/mol. The fourth-order valence-electron chi connectivity index (χ4n) is 1.66. The minimum atomic E-state index is -0.962. The Morgan fingerprint density at radius 1 is 1.53 bits per heavy atom. The molecule has 7 heteroatoms. The molecule has 104 valence electrons. The molecular weight excluding hydrogens is 272 g/mol. The number of nitro groups is 1. The smallest absolute Gasteiger partial charge is 0.310 e. The fourth-order valence-corrected chi connectivity index (χ4v) is 1.90. The van der Waals surface area contributed by atoms with Gasteiger partial charge in [0.1, 0.15) is 10.7 Å². The molecular formula is C12H15ClN2O4. The van der Waals surface area contributed by atoms with Crippen molar-refractivity contribution >= 4 is 28.9 Å². The van der Waals surface area contributed by atoms with Gasteiger partial charge in [0.05, 0.1) is 11.3 Å². The SMILES string of the molecule is CC(C)C(CC(=O)O)Nc1cccc(Cl)c1[N+](=O)[O-]. The van der Waals surface area contributed by atoms with E-state index in [4.69, 9.17) is 16.7 Å². The van der Waals surface area contributed by atoms with Crippen LogP contribution >= 0.6 is 11.6 Å². The number of hydrogen-bond donors (Lipinski definition) is 2. The molecule has 0 aliphatic heterocycles. The third-order valence-corrected chi connectivity index (χ3v) is 3.01. The number of rotatable bonds is 6. The number of hydrogen-bond acceptors (Lipinski definition) is 4. The second-order valence-electron chi connectivity index (χ2n) is 4.49. The van der Waals surface area contributed by atoms with E-state index in [9.17, 15) is 14.9 Å². The van der Waals surface area contributed by atoms with Crippen LogP contribution in [-0.2, 0) is 4.79 Å². The highest BCUT2D eigenvalue weighted by molar-refractivity contribution is 6.33. The van der Waals surface area contributed by atoms with Crippen molar-refractivity contribution in [3.63, 3.8) is 0 Å². The molecule has 0 heterocycles. The minimum absolute atomic E-state index is 0.00897. The summed E-state index contributed by atoms with van der Waals surface area (Å²) in [5, 5.41) is 22.7. The van der Waals surface area contributed by atoms with Crippen LogP contribution in [0.3, 0.4) is 0 Å². The van der Waals surface area contributed by atoms with Gasteiger partial charge in [0, 0.05) is 6.04 Å². The zero-order valence-electron chi connectivity index (χ0n) is 10.6. The number of anilines is 1. The van der Waals surface area contributed by atoms with Crippen molar-refractivity contribution in [1.29, 1.82) is 0 Å². The first-order valence-electron chi connectivity index (χ1n) is 5.74. The number of nitrogens with one attached hydrogen (secondary N) is 1. The van der Waals surface area contributed by atoms with Gasteiger partial charge < -0.3 is 10.4 Å². The molecule has 0 saturated heterocycles. The van der Waals surface area contributed by atoms with E-state index < -0.39 is 16.9 Å². The molecule has 0 aromatic heterocycles. The average Bonchev–Trinajstić information content (AvgIpc) is 2.26. The molecule has 2 N–H and O–H groups in total. The van der Waals surface area contributed by atoms with Crippen molar-refractivity contribution in [2.75, 3.05) is 5.32 Å². The second-order valence-corrected chi connectivity index (χ2v) is 4.89. The van der Waals surface area contributed by atoms with Crippen LogP contribution in [0.25, 0.3) is 0 Å². The molecule has 0 radical (unpaired) electrons. The van der Waals surface area contributed by atoms with Crippen LogP contribution in [0.2, 0.25) is 5.02 Å². The number of nitro benzene ring substituents is 1. The molecule has 1 aromatic carbocycles. The highest BCUT2D eigenvalue weighted by atomic mass is 35.5. The molecule has 0 fully saturated rings. The van der Waals surface area contributed by atoms with Gasteiger partial charge in [0.15, 0.2) is 0 Å². The first kappa shape index (κ1) is 15.2. The maximum Gasteiger partial charge on any atom is 0.310 e. The number of benzene rings is 1. The first-order valence-corrected chi connectivity index (χ1v) is 6.12. The van der Waals surface area contributed by atoms with E-state index in [1.807, 2.05) is 13.8 Å². The Morgan fingerprint density at radius 2 is 2.16 bits per heavy atom. The molecule has 19 heavy (non-hydrogen) atoms. The summed E-state index contributed by atoms with van der Waals surface area (Å²) in [4.78, 5) is 21.2. The van der Waals surface area contributed by atoms with Crippen LogP contribution in [0.15, 0.2) is 18.2 Å². The Bertz CT molecular complexity index is 491. The lowest BCUT2D eigenvalue weighted by atomic mass is 10.0. The summed E-state index contributed by atoms with van der Waals surface area (Å²) in [6.45, 7) is 3.69. The van der Waals surface area contributed by atoms with E-state index in [1.165, 1.54) is 12.1 Å². The molecule has 1 rings (SSSR count). The predicted octanol–water partition coefficient (Wildman–Crippen LogP) is 3.16. The lowest BCUT2D eigenvalue weighted by Crippen LogP contribution is -2.28. The fraction of sp³-hybridized carbons (Fsp3) is 0.417. The maximum atomic E-state index is 11.0. The van der Waals surface area contributed by atoms with Crippen LogP contribution in [-0.4, -0.2) is 22.0 Å². The Kier molecular flexibility index (Phi) is 5.11. The number of halogens is 1. The van der Waals surface area contributed by atoms with Gasteiger partial charge in [-0.1, -0.05) is 31.5 Å². The maximum absolute atomic E-state index is 11.0. The Labute approximate surface area is 115 Å². The molecule has 1 atom stereocenters. The standard InChI is InChI=1S/C12H15ClN2O4/c1-7(2)10(6-11(16)17)14-9-5-3-4-8(13)12(9)15(18)19/h3-5,7,10,14H,6H2,1-2H3,(H,16,17). The zero-order valence-corrected chi connectivity index (χ0v) is 11.3. The average molecular weight is 287 g/mol. The minimum Gasteiger partial charge on any atom is -0.481 e. The number of carboxylic acids is 1. The second kappa shape index (κ2) is 6.38. The van der Waals surface area contributed by atoms with E-state index in [0.29, 0.717) is 0 Å². The Hall–Kier alpha value is -1.82. The highest BCUT2D eigenvalue weighted by Gasteiger charge is 2.23. The molecule has 0 aliphatic rings. The molecule has 0 spiro atoms. The summed E-state index contributed by atoms with van der Waals surface area (Å²) < 4.78 is 0. The van der Waals surface area contributed by atoms with Gasteiger partial charge in [0.2, 0.25) is 0 Å². The topological polar surface area (TPSA) is 92.5 Å². The number of carbonyl (C=O) groups is 1. The van der Waals surface area contributed by atoms with Crippen molar-refractivity contribution in [3.8, 4) is 0 Å². The van der Waals surface area contributed by atoms with Crippen molar-refractivity contribution in [2.24, 2.45) is 5.92 Å². The lowest BCUT2D eigenvalue weighted by Gasteiger charge is -2.21. The quantitative estimate of drug-likeness (QED) is 0.619. The van der Waals surface area contributed by atoms with E-state index in [-0.39, 0.29) is 28.7 Å². The Morgan fingerprint density at radius 3 is 2.63 bits per heavy atom. The summed E-state index contributed by atoms with van der Waals surface area (Å²) in [6.07, 6.45) is -0.124. The predicted molar refractivity (Wildman–Crippen MR) is 72.6 cm³/mol. The van der Waals surface area contributed by atoms with E-state index in [2.05, 4.69) is 5.32 Å². The van der Waals surface area contributed by atoms with Gasteiger partial charge in [0.25, 0.3) is 0 Å². The van der Waals surface area contributed by atoms with Crippen LogP contribution in [0, 0.1) is 16.0 Å². The molecule has 0 aliphatic carbocycles. The van der Waals surface area contributed by atoms with Crippen LogP contribution in [0.5, 0.6) is 0 Å². The summed E-state index contributed by atoms with van der Waals surface area (Å²) in [5.41, 5.74) is -0.00217. The van der Waals surface area contributed by atoms with Crippen LogP contribution < -0.4 is 5.32 Å². The largest absolute Gasteiger partial charge is 0.481 e. The molecule has 1 unspecified atom stereocenters. The number of carboxylic acid groups (broad SMARTS) is 1. The molecule has 0 saturated carbocycles. The van der Waals surface area contributed by atoms with Crippen molar-refractivity contribution in [1.82, 2.24) is 0 Å². The van der Waals surface area contributed by atoms with Gasteiger partial charge in [-0.25, -0.2) is 0 Å². The van der Waals surface area contributed by atoms with Gasteiger partial charge >= 0.3 is 11.7 Å². The number of para-hydroxylation sites is 1. The third-order valence-electron chi connectivity index (χ3n) is 2.71. The summed E-state index contributed by atoms with van der Waals surface area (Å²) >= 11 is 5.80. The normalized spacial score (nSPS) is 12.2. The van der Waals surface area contributed by atoms with Gasteiger partial charge in [-0.15, -0.1) is 0 Å². The third kappa shape index (κ3) is 4.10. The molecule has 0 amide bonds. The van der Waals surface area contributed by atoms with Crippen LogP contribution in [0.1, 0.15) is 20.3 Å². The van der Waals surface area contributed by atoms with Gasteiger partial charge in [-0.2, -0.15) is 0 Å². The van der Waals surface area contributed by atoms with Gasteiger partial charge in [-0.05, 0) is 18.1 Å². The van der Waals surface area contributed by atoms with E-state index in [1.54, 1.807) is 6.07 Å². The molecule has 0 bridgehead atoms. The van der Waals surface area contributed by atoms with Gasteiger partial charge in [-0.3, -0.25) is 14.9 Å². The van der Waals surface area contributed by atoms with E-state index >= 15 is 0 Å². The summed E-state index contributed by atoms with van der Waals surface area (Å²) in [5.74, 6) is -0.953. The van der Waals surface area contributed by atoms with Crippen molar-refractivity contribution < 1.29 is 14.8 Å². The Balaban J connectivity index is 3.06. The summed E-state index contributed by atoms with van der Waals surface area (Å²) in [7, 11) is 0. The van der Waals surface area contributed by atoms with Crippen LogP contribution in [0.4, 0.5) is 11.4 Å². The highest BCUT2D eigenvalue weighted by Crippen LogP contribution is 2.33. The van der Waals surface area contributed by atoms with Crippen molar-refractivity contribution in [3.05, 3.63) is 33.3 Å². The number of nitrogens with zero attached hydrogens (tertiary/aromatic N) is 1. The summed E-state index contributed by atoms with van der Waals surface area (Å²) in [6, 6.07) is 4.11. The van der Waals surface area contributed by atoms with E-state index in [0.717, 1.165) is 0 Å². The molecule has 1 aromatic rings. The zero-order chi connectivity index (χ0) is 14.6.